The molecule has 2 aliphatic rings. The standard InChI is InChI=1S/C11H17NO2S2/c1-6-8(13)12-7(9(14)15-6)10(2,3)16-11(12,4)5/h6-7H,1-5H3. The van der Waals surface area contributed by atoms with Crippen molar-refractivity contribution in [1.29, 1.82) is 0 Å². The third kappa shape index (κ3) is 1.59. The van der Waals surface area contributed by atoms with Crippen molar-refractivity contribution in [3.05, 3.63) is 0 Å². The fourth-order valence-electron chi connectivity index (χ4n) is 2.64. The maximum absolute atomic E-state index is 12.2. The lowest BCUT2D eigenvalue weighted by molar-refractivity contribution is -0.140. The first-order valence-corrected chi connectivity index (χ1v) is 7.10. The molecule has 2 unspecified atom stereocenters. The predicted molar refractivity (Wildman–Crippen MR) is 68.4 cm³/mol. The van der Waals surface area contributed by atoms with Crippen molar-refractivity contribution in [3.63, 3.8) is 0 Å². The summed E-state index contributed by atoms with van der Waals surface area (Å²) in [5, 5.41) is -0.104. The quantitative estimate of drug-likeness (QED) is 0.668. The summed E-state index contributed by atoms with van der Waals surface area (Å²) >= 11 is 2.90. The van der Waals surface area contributed by atoms with Crippen molar-refractivity contribution in [2.75, 3.05) is 0 Å². The molecule has 0 aliphatic carbocycles. The van der Waals surface area contributed by atoms with E-state index >= 15 is 0 Å². The Kier molecular flexibility index (Phi) is 2.63. The minimum Gasteiger partial charge on any atom is -0.315 e. The number of rotatable bonds is 0. The van der Waals surface area contributed by atoms with Gasteiger partial charge in [-0.2, -0.15) is 0 Å². The molecule has 90 valence electrons. The second-order valence-corrected chi connectivity index (χ2v) is 8.94. The average molecular weight is 259 g/mol. The van der Waals surface area contributed by atoms with Crippen LogP contribution in [0.15, 0.2) is 0 Å². The molecule has 0 spiro atoms. The predicted octanol–water partition coefficient (Wildman–Crippen LogP) is 2.11. The minimum absolute atomic E-state index is 0.0951. The molecule has 0 aromatic carbocycles. The number of hydrogen-bond acceptors (Lipinski definition) is 4. The fourth-order valence-corrected chi connectivity index (χ4v) is 5.71. The molecule has 16 heavy (non-hydrogen) atoms. The van der Waals surface area contributed by atoms with E-state index in [1.807, 2.05) is 34.6 Å². The molecular formula is C11H17NO2S2. The Bertz CT molecular complexity index is 365. The first-order valence-electron chi connectivity index (χ1n) is 5.41. The first kappa shape index (κ1) is 12.3. The Balaban J connectivity index is 2.47. The molecule has 0 bridgehead atoms. The number of amides is 1. The van der Waals surface area contributed by atoms with E-state index in [0.717, 1.165) is 0 Å². The van der Waals surface area contributed by atoms with Crippen molar-refractivity contribution >= 4 is 34.5 Å². The van der Waals surface area contributed by atoms with Crippen molar-refractivity contribution in [1.82, 2.24) is 4.90 Å². The van der Waals surface area contributed by atoms with Gasteiger partial charge in [-0.15, -0.1) is 11.8 Å². The highest BCUT2D eigenvalue weighted by Gasteiger charge is 2.59. The fraction of sp³-hybridized carbons (Fsp3) is 0.818. The van der Waals surface area contributed by atoms with Crippen molar-refractivity contribution < 1.29 is 9.59 Å². The zero-order valence-corrected chi connectivity index (χ0v) is 11.9. The maximum atomic E-state index is 12.2. The van der Waals surface area contributed by atoms with Gasteiger partial charge in [0.25, 0.3) is 0 Å². The second kappa shape index (κ2) is 3.42. The summed E-state index contributed by atoms with van der Waals surface area (Å²) in [5.74, 6) is 0.0951. The molecule has 2 fully saturated rings. The van der Waals surface area contributed by atoms with Crippen LogP contribution in [0, 0.1) is 0 Å². The van der Waals surface area contributed by atoms with Gasteiger partial charge in [0.2, 0.25) is 11.0 Å². The largest absolute Gasteiger partial charge is 0.315 e. The van der Waals surface area contributed by atoms with Crippen LogP contribution in [0.3, 0.4) is 0 Å². The van der Waals surface area contributed by atoms with Crippen LogP contribution >= 0.6 is 23.5 Å². The Morgan fingerprint density at radius 1 is 1.19 bits per heavy atom. The number of carbonyl (C=O) groups excluding carboxylic acids is 2. The molecule has 0 N–H and O–H groups in total. The van der Waals surface area contributed by atoms with Gasteiger partial charge in [-0.3, -0.25) is 9.59 Å². The summed E-state index contributed by atoms with van der Waals surface area (Å²) in [4.78, 5) is 25.8. The lowest BCUT2D eigenvalue weighted by Gasteiger charge is -2.40. The van der Waals surface area contributed by atoms with Gasteiger partial charge in [0.15, 0.2) is 0 Å². The average Bonchev–Trinajstić information content (AvgIpc) is 2.27. The molecule has 2 saturated heterocycles. The van der Waals surface area contributed by atoms with Gasteiger partial charge in [0, 0.05) is 4.75 Å². The molecular weight excluding hydrogens is 242 g/mol. The van der Waals surface area contributed by atoms with E-state index in [1.165, 1.54) is 11.8 Å². The van der Waals surface area contributed by atoms with Gasteiger partial charge in [0.1, 0.15) is 6.04 Å². The zero-order valence-electron chi connectivity index (χ0n) is 10.2. The normalized spacial score (nSPS) is 36.4. The van der Waals surface area contributed by atoms with Gasteiger partial charge in [-0.25, -0.2) is 0 Å². The maximum Gasteiger partial charge on any atom is 0.237 e. The van der Waals surface area contributed by atoms with Crippen molar-refractivity contribution in [2.45, 2.75) is 55.5 Å². The lowest BCUT2D eigenvalue weighted by Crippen LogP contribution is -2.58. The summed E-state index contributed by atoms with van der Waals surface area (Å²) in [7, 11) is 0. The van der Waals surface area contributed by atoms with Gasteiger partial charge < -0.3 is 4.90 Å². The number of thioether (sulfide) groups is 2. The topological polar surface area (TPSA) is 37.4 Å². The van der Waals surface area contributed by atoms with E-state index in [9.17, 15) is 9.59 Å². The van der Waals surface area contributed by atoms with Gasteiger partial charge in [-0.1, -0.05) is 11.8 Å². The Morgan fingerprint density at radius 2 is 1.75 bits per heavy atom. The number of nitrogens with zero attached hydrogens (tertiary/aromatic N) is 1. The molecule has 0 radical (unpaired) electrons. The van der Waals surface area contributed by atoms with E-state index in [1.54, 1.807) is 16.7 Å². The zero-order chi connectivity index (χ0) is 12.3. The third-order valence-electron chi connectivity index (χ3n) is 3.11. The van der Waals surface area contributed by atoms with Gasteiger partial charge >= 0.3 is 0 Å². The molecule has 2 atom stereocenters. The summed E-state index contributed by atoms with van der Waals surface area (Å²) in [6.45, 7) is 9.95. The monoisotopic (exact) mass is 259 g/mol. The highest BCUT2D eigenvalue weighted by molar-refractivity contribution is 8.15. The Morgan fingerprint density at radius 3 is 2.31 bits per heavy atom. The third-order valence-corrected chi connectivity index (χ3v) is 5.57. The minimum atomic E-state index is -0.282. The molecule has 2 aliphatic heterocycles. The summed E-state index contributed by atoms with van der Waals surface area (Å²) in [6, 6.07) is -0.277. The van der Waals surface area contributed by atoms with Crippen LogP contribution in [0.4, 0.5) is 0 Å². The van der Waals surface area contributed by atoms with E-state index in [-0.39, 0.29) is 31.9 Å². The first-order chi connectivity index (χ1) is 7.17. The Hall–Kier alpha value is -0.160. The molecule has 0 saturated carbocycles. The van der Waals surface area contributed by atoms with Crippen molar-refractivity contribution in [2.24, 2.45) is 0 Å². The molecule has 0 aromatic heterocycles. The van der Waals surface area contributed by atoms with Gasteiger partial charge in [0.05, 0.1) is 10.1 Å². The highest BCUT2D eigenvalue weighted by Crippen LogP contribution is 2.54. The molecule has 5 heteroatoms. The van der Waals surface area contributed by atoms with Gasteiger partial charge in [-0.05, 0) is 34.6 Å². The number of hydrogen-bond donors (Lipinski definition) is 0. The number of fused-ring (bicyclic) bond motifs is 1. The second-order valence-electron chi connectivity index (χ2n) is 5.34. The number of carbonyl (C=O) groups is 2. The highest BCUT2D eigenvalue weighted by atomic mass is 32.2. The molecule has 1 amide bonds. The molecule has 2 heterocycles. The van der Waals surface area contributed by atoms with Crippen LogP contribution in [0.2, 0.25) is 0 Å². The van der Waals surface area contributed by atoms with Crippen LogP contribution in [0.5, 0.6) is 0 Å². The lowest BCUT2D eigenvalue weighted by atomic mass is 10.0. The Labute approximate surface area is 105 Å². The van der Waals surface area contributed by atoms with E-state index < -0.39 is 0 Å². The van der Waals surface area contributed by atoms with Crippen molar-refractivity contribution in [3.8, 4) is 0 Å². The molecule has 2 rings (SSSR count). The van der Waals surface area contributed by atoms with Crippen LogP contribution in [0.25, 0.3) is 0 Å². The SMILES string of the molecule is CC1SC(=O)C2N(C1=O)C(C)(C)SC2(C)C. The van der Waals surface area contributed by atoms with Crippen LogP contribution < -0.4 is 0 Å². The molecule has 0 aromatic rings. The van der Waals surface area contributed by atoms with Crippen LogP contribution in [-0.2, 0) is 9.59 Å². The molecule has 3 nitrogen and oxygen atoms in total. The summed E-state index contributed by atoms with van der Waals surface area (Å²) < 4.78 is -0.191. The summed E-state index contributed by atoms with van der Waals surface area (Å²) in [6.07, 6.45) is 0. The smallest absolute Gasteiger partial charge is 0.237 e. The van der Waals surface area contributed by atoms with E-state index in [2.05, 4.69) is 0 Å². The van der Waals surface area contributed by atoms with Crippen LogP contribution in [-0.4, -0.2) is 36.8 Å². The van der Waals surface area contributed by atoms with E-state index in [4.69, 9.17) is 0 Å². The summed E-state index contributed by atoms with van der Waals surface area (Å²) in [5.41, 5.74) is 0. The van der Waals surface area contributed by atoms with E-state index in [0.29, 0.717) is 0 Å². The van der Waals surface area contributed by atoms with Crippen LogP contribution in [0.1, 0.15) is 34.6 Å².